The van der Waals surface area contributed by atoms with Gasteiger partial charge in [0.15, 0.2) is 5.76 Å². The van der Waals surface area contributed by atoms with E-state index in [1.165, 1.54) is 11.1 Å². The molecule has 1 aromatic heterocycles. The second kappa shape index (κ2) is 8.69. The molecule has 0 radical (unpaired) electrons. The number of ether oxygens (including phenoxy) is 1. The number of furan rings is 1. The molecule has 5 nitrogen and oxygen atoms in total. The van der Waals surface area contributed by atoms with Crippen LogP contribution >= 0.6 is 15.9 Å². The average Bonchev–Trinajstić information content (AvgIpc) is 3.06. The molecular weight excluding hydrogens is 432 g/mol. The molecule has 152 valence electrons. The van der Waals surface area contributed by atoms with Crippen LogP contribution < -0.4 is 5.32 Å². The summed E-state index contributed by atoms with van der Waals surface area (Å²) in [6.45, 7) is 7.66. The number of nitrogens with zero attached hydrogens (tertiary/aromatic N) is 1. The van der Waals surface area contributed by atoms with E-state index in [1.54, 1.807) is 0 Å². The highest BCUT2D eigenvalue weighted by Crippen LogP contribution is 2.28. The number of halogens is 1. The van der Waals surface area contributed by atoms with Crippen LogP contribution in [-0.2, 0) is 4.74 Å². The Morgan fingerprint density at radius 1 is 1.14 bits per heavy atom. The number of morpholine rings is 1. The van der Waals surface area contributed by atoms with Crippen molar-refractivity contribution in [1.82, 2.24) is 10.2 Å². The number of aryl methyl sites for hydroxylation is 2. The van der Waals surface area contributed by atoms with Gasteiger partial charge in [-0.3, -0.25) is 9.69 Å². The molecule has 1 N–H and O–H groups in total. The molecule has 0 bridgehead atoms. The van der Waals surface area contributed by atoms with Crippen molar-refractivity contribution in [1.29, 1.82) is 0 Å². The van der Waals surface area contributed by atoms with Crippen molar-refractivity contribution in [2.24, 2.45) is 0 Å². The number of fused-ring (bicyclic) bond motifs is 1. The zero-order valence-electron chi connectivity index (χ0n) is 16.7. The van der Waals surface area contributed by atoms with Gasteiger partial charge in [0, 0.05) is 35.1 Å². The van der Waals surface area contributed by atoms with Crippen molar-refractivity contribution in [2.75, 3.05) is 32.8 Å². The van der Waals surface area contributed by atoms with Crippen molar-refractivity contribution in [3.63, 3.8) is 0 Å². The molecule has 29 heavy (non-hydrogen) atoms. The van der Waals surface area contributed by atoms with Crippen molar-refractivity contribution in [3.8, 4) is 0 Å². The van der Waals surface area contributed by atoms with Crippen molar-refractivity contribution in [3.05, 3.63) is 69.4 Å². The van der Waals surface area contributed by atoms with E-state index >= 15 is 0 Å². The Morgan fingerprint density at radius 2 is 1.86 bits per heavy atom. The van der Waals surface area contributed by atoms with Crippen molar-refractivity contribution < 1.29 is 13.9 Å². The Bertz CT molecular complexity index is 1010. The van der Waals surface area contributed by atoms with Crippen LogP contribution in [0.15, 0.2) is 51.4 Å². The SMILES string of the molecule is Cc1ccc([C@@H](CNC(=O)c2oc3ccc(Br)cc3c2C)N2CCOCC2)cc1. The van der Waals surface area contributed by atoms with E-state index < -0.39 is 0 Å². The molecule has 0 unspecified atom stereocenters. The van der Waals surface area contributed by atoms with Gasteiger partial charge in [0.2, 0.25) is 0 Å². The number of hydrogen-bond acceptors (Lipinski definition) is 4. The van der Waals surface area contributed by atoms with Crippen LogP contribution in [0, 0.1) is 13.8 Å². The summed E-state index contributed by atoms with van der Waals surface area (Å²) in [5.41, 5.74) is 4.00. The lowest BCUT2D eigenvalue weighted by molar-refractivity contribution is 0.0161. The van der Waals surface area contributed by atoms with E-state index in [9.17, 15) is 4.79 Å². The lowest BCUT2D eigenvalue weighted by Crippen LogP contribution is -2.43. The largest absolute Gasteiger partial charge is 0.451 e. The predicted molar refractivity (Wildman–Crippen MR) is 117 cm³/mol. The van der Waals surface area contributed by atoms with E-state index in [0.29, 0.717) is 25.5 Å². The zero-order chi connectivity index (χ0) is 20.4. The van der Waals surface area contributed by atoms with Gasteiger partial charge in [0.25, 0.3) is 5.91 Å². The zero-order valence-corrected chi connectivity index (χ0v) is 18.3. The summed E-state index contributed by atoms with van der Waals surface area (Å²) in [6, 6.07) is 14.4. The quantitative estimate of drug-likeness (QED) is 0.608. The normalized spacial score (nSPS) is 16.1. The second-order valence-corrected chi connectivity index (χ2v) is 8.40. The predicted octanol–water partition coefficient (Wildman–Crippen LogP) is 4.62. The Kier molecular flexibility index (Phi) is 6.04. The fourth-order valence-electron chi connectivity index (χ4n) is 3.81. The third-order valence-electron chi connectivity index (χ3n) is 5.51. The molecule has 0 spiro atoms. The van der Waals surface area contributed by atoms with Gasteiger partial charge in [-0.05, 0) is 37.6 Å². The molecule has 2 heterocycles. The highest BCUT2D eigenvalue weighted by Gasteiger charge is 2.25. The highest BCUT2D eigenvalue weighted by molar-refractivity contribution is 9.10. The molecule has 4 rings (SSSR count). The van der Waals surface area contributed by atoms with Gasteiger partial charge >= 0.3 is 0 Å². The summed E-state index contributed by atoms with van der Waals surface area (Å²) in [7, 11) is 0. The van der Waals surface area contributed by atoms with E-state index in [2.05, 4.69) is 57.3 Å². The smallest absolute Gasteiger partial charge is 0.287 e. The van der Waals surface area contributed by atoms with E-state index in [-0.39, 0.29) is 11.9 Å². The Labute approximate surface area is 179 Å². The molecule has 1 amide bonds. The first-order valence-electron chi connectivity index (χ1n) is 9.88. The van der Waals surface area contributed by atoms with Crippen LogP contribution in [0.2, 0.25) is 0 Å². The highest BCUT2D eigenvalue weighted by atomic mass is 79.9. The van der Waals surface area contributed by atoms with Gasteiger partial charge in [-0.2, -0.15) is 0 Å². The fraction of sp³-hybridized carbons (Fsp3) is 0.348. The molecule has 3 aromatic rings. The number of benzene rings is 2. The van der Waals surface area contributed by atoms with Gasteiger partial charge in [-0.1, -0.05) is 45.8 Å². The minimum Gasteiger partial charge on any atom is -0.451 e. The number of nitrogens with one attached hydrogen (secondary N) is 1. The van der Waals surface area contributed by atoms with Gasteiger partial charge < -0.3 is 14.5 Å². The molecule has 0 aliphatic carbocycles. The third-order valence-corrected chi connectivity index (χ3v) is 6.00. The summed E-state index contributed by atoms with van der Waals surface area (Å²) < 4.78 is 12.3. The molecule has 1 fully saturated rings. The van der Waals surface area contributed by atoms with Crippen LogP contribution in [-0.4, -0.2) is 43.7 Å². The molecular formula is C23H25BrN2O3. The minimum atomic E-state index is -0.180. The number of carbonyl (C=O) groups is 1. The van der Waals surface area contributed by atoms with Crippen LogP contribution in [0.25, 0.3) is 11.0 Å². The van der Waals surface area contributed by atoms with Gasteiger partial charge in [-0.25, -0.2) is 0 Å². The van der Waals surface area contributed by atoms with E-state index in [1.807, 2.05) is 25.1 Å². The molecule has 1 aliphatic rings. The maximum absolute atomic E-state index is 12.9. The summed E-state index contributed by atoms with van der Waals surface area (Å²) in [6.07, 6.45) is 0. The summed E-state index contributed by atoms with van der Waals surface area (Å²) in [5, 5.41) is 4.05. The Balaban J connectivity index is 1.54. The van der Waals surface area contributed by atoms with Crippen LogP contribution in [0.4, 0.5) is 0 Å². The first-order chi connectivity index (χ1) is 14.0. The van der Waals surface area contributed by atoms with Crippen molar-refractivity contribution in [2.45, 2.75) is 19.9 Å². The first-order valence-corrected chi connectivity index (χ1v) is 10.7. The Morgan fingerprint density at radius 3 is 2.59 bits per heavy atom. The molecule has 1 saturated heterocycles. The van der Waals surface area contributed by atoms with Crippen LogP contribution in [0.1, 0.15) is 33.3 Å². The van der Waals surface area contributed by atoms with Crippen molar-refractivity contribution >= 4 is 32.8 Å². The molecule has 2 aromatic carbocycles. The second-order valence-electron chi connectivity index (χ2n) is 7.48. The summed E-state index contributed by atoms with van der Waals surface area (Å²) >= 11 is 3.48. The maximum Gasteiger partial charge on any atom is 0.287 e. The number of hydrogen-bond donors (Lipinski definition) is 1. The van der Waals surface area contributed by atoms with Gasteiger partial charge in [-0.15, -0.1) is 0 Å². The minimum absolute atomic E-state index is 0.0993. The molecule has 1 atom stereocenters. The fourth-order valence-corrected chi connectivity index (χ4v) is 4.18. The molecule has 6 heteroatoms. The van der Waals surface area contributed by atoms with E-state index in [4.69, 9.17) is 9.15 Å². The van der Waals surface area contributed by atoms with Gasteiger partial charge in [0.05, 0.1) is 19.3 Å². The molecule has 1 aliphatic heterocycles. The lowest BCUT2D eigenvalue weighted by atomic mass is 10.0. The average molecular weight is 457 g/mol. The van der Waals surface area contributed by atoms with E-state index in [0.717, 1.165) is 34.1 Å². The maximum atomic E-state index is 12.9. The Hall–Kier alpha value is -2.15. The van der Waals surface area contributed by atoms with Gasteiger partial charge in [0.1, 0.15) is 5.58 Å². The topological polar surface area (TPSA) is 54.7 Å². The standard InChI is InChI=1S/C23H25BrN2O3/c1-15-3-5-17(6-4-15)20(26-9-11-28-12-10-26)14-25-23(27)22-16(2)19-13-18(24)7-8-21(19)29-22/h3-8,13,20H,9-12,14H2,1-2H3,(H,25,27)/t20-/m1/s1. The first kappa shape index (κ1) is 20.1. The summed E-state index contributed by atoms with van der Waals surface area (Å²) in [4.78, 5) is 15.3. The molecule has 0 saturated carbocycles. The monoisotopic (exact) mass is 456 g/mol. The summed E-state index contributed by atoms with van der Waals surface area (Å²) in [5.74, 6) is 0.197. The number of amides is 1. The number of rotatable bonds is 5. The van der Waals surface area contributed by atoms with Crippen LogP contribution in [0.3, 0.4) is 0 Å². The number of carbonyl (C=O) groups excluding carboxylic acids is 1. The lowest BCUT2D eigenvalue weighted by Gasteiger charge is -2.35. The van der Waals surface area contributed by atoms with Crippen LogP contribution in [0.5, 0.6) is 0 Å². The third kappa shape index (κ3) is 4.39.